The third-order valence-electron chi connectivity index (χ3n) is 14.2. The van der Waals surface area contributed by atoms with Crippen LogP contribution >= 0.6 is 0 Å². The fourth-order valence-corrected chi connectivity index (χ4v) is 11.2. The Kier molecular flexibility index (Phi) is 7.59. The second kappa shape index (κ2) is 13.0. The van der Waals surface area contributed by atoms with E-state index in [1.165, 1.54) is 83.1 Å². The number of hydrogen-bond donors (Lipinski definition) is 0. The zero-order valence-corrected chi connectivity index (χ0v) is 34.7. The molecule has 0 atom stereocenters. The van der Waals surface area contributed by atoms with E-state index in [1.807, 2.05) is 6.08 Å². The van der Waals surface area contributed by atoms with E-state index in [0.717, 1.165) is 28.3 Å². The lowest BCUT2D eigenvalue weighted by atomic mass is 9.70. The van der Waals surface area contributed by atoms with Crippen molar-refractivity contribution < 1.29 is 0 Å². The van der Waals surface area contributed by atoms with Gasteiger partial charge in [-0.3, -0.25) is 0 Å². The topological polar surface area (TPSA) is 8.17 Å². The van der Waals surface area contributed by atoms with Gasteiger partial charge in [0.05, 0.1) is 16.4 Å². The van der Waals surface area contributed by atoms with Crippen molar-refractivity contribution in [3.63, 3.8) is 0 Å². The van der Waals surface area contributed by atoms with Crippen LogP contribution in [0.5, 0.6) is 0 Å². The molecule has 290 valence electrons. The van der Waals surface area contributed by atoms with Gasteiger partial charge >= 0.3 is 0 Å². The Morgan fingerprint density at radius 2 is 1.00 bits per heavy atom. The lowest BCUT2D eigenvalue weighted by Crippen LogP contribution is -2.26. The second-order valence-electron chi connectivity index (χ2n) is 17.3. The summed E-state index contributed by atoms with van der Waals surface area (Å²) in [7, 11) is 0. The zero-order valence-electron chi connectivity index (χ0n) is 34.7. The van der Waals surface area contributed by atoms with Crippen LogP contribution in [0.25, 0.3) is 55.3 Å². The smallest absolute Gasteiger partial charge is 0.0726 e. The first-order valence-electron chi connectivity index (χ1n) is 21.4. The molecule has 61 heavy (non-hydrogen) atoms. The van der Waals surface area contributed by atoms with Crippen molar-refractivity contribution in [1.29, 1.82) is 0 Å². The van der Waals surface area contributed by atoms with E-state index >= 15 is 0 Å². The number of nitrogens with zero attached hydrogens (tertiary/aromatic N) is 2. The largest absolute Gasteiger partial charge is 0.310 e. The quantitative estimate of drug-likeness (QED) is 0.153. The van der Waals surface area contributed by atoms with Crippen molar-refractivity contribution in [2.75, 3.05) is 4.90 Å². The van der Waals surface area contributed by atoms with Crippen molar-refractivity contribution in [2.24, 2.45) is 0 Å². The number of fused-ring (bicyclic) bond motifs is 14. The monoisotopic (exact) mass is 780 g/mol. The van der Waals surface area contributed by atoms with Crippen LogP contribution in [-0.2, 0) is 10.8 Å². The number of hydrogen-bond acceptors (Lipinski definition) is 1. The number of aromatic nitrogens is 1. The van der Waals surface area contributed by atoms with Gasteiger partial charge in [-0.05, 0) is 123 Å². The molecule has 1 aromatic heterocycles. The second-order valence-corrected chi connectivity index (χ2v) is 17.3. The molecule has 2 nitrogen and oxygen atoms in total. The summed E-state index contributed by atoms with van der Waals surface area (Å²) in [6.07, 6.45) is 4.42. The van der Waals surface area contributed by atoms with Gasteiger partial charge in [0.1, 0.15) is 0 Å². The van der Waals surface area contributed by atoms with Crippen LogP contribution in [0, 0.1) is 0 Å². The normalized spacial score (nSPS) is 15.2. The number of allylic oxidation sites excluding steroid dienone is 4. The Balaban J connectivity index is 1.15. The van der Waals surface area contributed by atoms with E-state index in [4.69, 9.17) is 0 Å². The highest BCUT2D eigenvalue weighted by molar-refractivity contribution is 6.10. The molecule has 12 rings (SSSR count). The standard InChI is InChI=1S/C59H44N2/c1-5-39(35-50-38(2)58(3,4)51-26-14-9-24-46(50)51)60(42-32-34-49-48-25-13-18-30-56(48)61(57(49)37-42)40-19-7-6-8-20-40)41-31-33-47-45-23-12-17-29-54(45)59(55(47)36-41)52-27-15-10-21-43(52)44-22-11-16-28-53(44)59/h5-37H,1H2,2-4H3/b39-35+. The molecule has 9 aromatic rings. The molecule has 0 unspecified atom stereocenters. The molecule has 8 aromatic carbocycles. The van der Waals surface area contributed by atoms with Crippen LogP contribution in [0.4, 0.5) is 11.4 Å². The summed E-state index contributed by atoms with van der Waals surface area (Å²) < 4.78 is 2.41. The highest BCUT2D eigenvalue weighted by Gasteiger charge is 2.51. The maximum atomic E-state index is 4.55. The van der Waals surface area contributed by atoms with E-state index in [-0.39, 0.29) is 5.41 Å². The number of para-hydroxylation sites is 2. The summed E-state index contributed by atoms with van der Waals surface area (Å²) in [5.74, 6) is 0. The number of anilines is 2. The summed E-state index contributed by atoms with van der Waals surface area (Å²) >= 11 is 0. The lowest BCUT2D eigenvalue weighted by molar-refractivity contribution is 0.639. The molecule has 0 saturated heterocycles. The van der Waals surface area contributed by atoms with Crippen LogP contribution in [0.2, 0.25) is 0 Å². The average Bonchev–Trinajstić information content (AvgIpc) is 3.96. The van der Waals surface area contributed by atoms with Gasteiger partial charge in [0.2, 0.25) is 0 Å². The minimum Gasteiger partial charge on any atom is -0.310 e. The Morgan fingerprint density at radius 1 is 0.492 bits per heavy atom. The van der Waals surface area contributed by atoms with Gasteiger partial charge in [0.25, 0.3) is 0 Å². The molecule has 0 saturated carbocycles. The first-order valence-corrected chi connectivity index (χ1v) is 21.4. The summed E-state index contributed by atoms with van der Waals surface area (Å²) in [6.45, 7) is 11.5. The Labute approximate surface area is 357 Å². The van der Waals surface area contributed by atoms with Gasteiger partial charge in [-0.1, -0.05) is 172 Å². The molecule has 0 amide bonds. The fourth-order valence-electron chi connectivity index (χ4n) is 11.2. The predicted octanol–water partition coefficient (Wildman–Crippen LogP) is 15.1. The van der Waals surface area contributed by atoms with Crippen LogP contribution in [0.3, 0.4) is 0 Å². The van der Waals surface area contributed by atoms with Crippen molar-refractivity contribution in [3.8, 4) is 27.9 Å². The van der Waals surface area contributed by atoms with Crippen LogP contribution in [0.1, 0.15) is 54.2 Å². The maximum Gasteiger partial charge on any atom is 0.0726 e. The molecule has 0 N–H and O–H groups in total. The van der Waals surface area contributed by atoms with Gasteiger partial charge in [-0.2, -0.15) is 0 Å². The average molecular weight is 781 g/mol. The van der Waals surface area contributed by atoms with Gasteiger partial charge in [-0.25, -0.2) is 0 Å². The van der Waals surface area contributed by atoms with Crippen molar-refractivity contribution in [2.45, 2.75) is 31.6 Å². The minimum atomic E-state index is -0.462. The number of benzene rings is 8. The molecule has 0 radical (unpaired) electrons. The molecule has 1 spiro atoms. The maximum absolute atomic E-state index is 4.55. The fraction of sp³-hybridized carbons (Fsp3) is 0.0847. The van der Waals surface area contributed by atoms with Gasteiger partial charge < -0.3 is 9.47 Å². The highest BCUT2D eigenvalue weighted by atomic mass is 15.1. The van der Waals surface area contributed by atoms with Crippen molar-refractivity contribution in [1.82, 2.24) is 4.57 Å². The van der Waals surface area contributed by atoms with Crippen LogP contribution in [0.15, 0.2) is 218 Å². The van der Waals surface area contributed by atoms with E-state index < -0.39 is 5.41 Å². The minimum absolute atomic E-state index is 0.0932. The summed E-state index contributed by atoms with van der Waals surface area (Å²) in [5.41, 5.74) is 21.8. The molecule has 2 heteroatoms. The van der Waals surface area contributed by atoms with Gasteiger partial charge in [0, 0.05) is 38.9 Å². The zero-order chi connectivity index (χ0) is 41.0. The molecule has 0 fully saturated rings. The SMILES string of the molecule is C=C/C(=C\C1=C(C)C(C)(C)c2ccccc21)N(c1ccc2c(c1)C1(c3ccccc3-c3ccccc31)c1ccccc1-2)c1ccc2c3ccccc3n(-c3ccccc3)c2c1. The predicted molar refractivity (Wildman–Crippen MR) is 256 cm³/mol. The summed E-state index contributed by atoms with van der Waals surface area (Å²) in [6, 6.07) is 69.7. The summed E-state index contributed by atoms with van der Waals surface area (Å²) in [5, 5.41) is 2.46. The molecule has 0 bridgehead atoms. The molecular weight excluding hydrogens is 737 g/mol. The first-order chi connectivity index (χ1) is 29.9. The Morgan fingerprint density at radius 3 is 1.66 bits per heavy atom. The van der Waals surface area contributed by atoms with Crippen LogP contribution in [-0.4, -0.2) is 4.57 Å². The third kappa shape index (κ3) is 4.79. The highest BCUT2D eigenvalue weighted by Crippen LogP contribution is 2.63. The molecular formula is C59H44N2. The number of rotatable bonds is 6. The molecule has 3 aliphatic rings. The third-order valence-corrected chi connectivity index (χ3v) is 14.2. The van der Waals surface area contributed by atoms with E-state index in [0.29, 0.717) is 0 Å². The Hall–Kier alpha value is -7.42. The first kappa shape index (κ1) is 35.5. The molecule has 3 aliphatic carbocycles. The van der Waals surface area contributed by atoms with Gasteiger partial charge in [-0.15, -0.1) is 0 Å². The van der Waals surface area contributed by atoms with E-state index in [2.05, 4.69) is 231 Å². The van der Waals surface area contributed by atoms with Crippen molar-refractivity contribution >= 4 is 38.8 Å². The summed E-state index contributed by atoms with van der Waals surface area (Å²) in [4.78, 5) is 2.44. The van der Waals surface area contributed by atoms with Crippen LogP contribution < -0.4 is 4.90 Å². The lowest BCUT2D eigenvalue weighted by Gasteiger charge is -2.32. The Bertz CT molecular complexity index is 3310. The van der Waals surface area contributed by atoms with Gasteiger partial charge in [0.15, 0.2) is 0 Å². The van der Waals surface area contributed by atoms with Crippen molar-refractivity contribution in [3.05, 3.63) is 251 Å². The molecule has 0 aliphatic heterocycles. The van der Waals surface area contributed by atoms with E-state index in [9.17, 15) is 0 Å². The molecule has 1 heterocycles. The van der Waals surface area contributed by atoms with E-state index in [1.54, 1.807) is 0 Å².